The Morgan fingerprint density at radius 3 is 3.15 bits per heavy atom. The second-order valence-corrected chi connectivity index (χ2v) is 6.54. The van der Waals surface area contributed by atoms with E-state index in [4.69, 9.17) is 5.73 Å². The van der Waals surface area contributed by atoms with Crippen LogP contribution in [0.4, 0.5) is 0 Å². The molecule has 0 fully saturated rings. The van der Waals surface area contributed by atoms with E-state index in [1.165, 1.54) is 11.1 Å². The van der Waals surface area contributed by atoms with Crippen molar-refractivity contribution in [2.24, 2.45) is 5.73 Å². The molecule has 0 radical (unpaired) electrons. The summed E-state index contributed by atoms with van der Waals surface area (Å²) in [5, 5.41) is 2.06. The van der Waals surface area contributed by atoms with Crippen molar-refractivity contribution in [3.05, 3.63) is 58.9 Å². The normalized spacial score (nSPS) is 22.1. The van der Waals surface area contributed by atoms with Crippen molar-refractivity contribution >= 4 is 16.3 Å². The summed E-state index contributed by atoms with van der Waals surface area (Å²) in [6, 6.07) is 8.60. The highest BCUT2D eigenvalue weighted by atomic mass is 32.1. The molecule has 0 bridgehead atoms. The zero-order chi connectivity index (χ0) is 13.6. The molecular formula is C16H17N3S. The van der Waals surface area contributed by atoms with Gasteiger partial charge in [-0.1, -0.05) is 24.3 Å². The average Bonchev–Trinajstić information content (AvgIpc) is 3.00. The van der Waals surface area contributed by atoms with E-state index in [0.717, 1.165) is 36.3 Å². The minimum absolute atomic E-state index is 0.265. The monoisotopic (exact) mass is 283 g/mol. The van der Waals surface area contributed by atoms with E-state index in [0.29, 0.717) is 0 Å². The fraction of sp³-hybridized carbons (Fsp3) is 0.312. The summed E-state index contributed by atoms with van der Waals surface area (Å²) in [6.45, 7) is 0. The zero-order valence-corrected chi connectivity index (χ0v) is 12.1. The Balaban J connectivity index is 1.72. The Hall–Kier alpha value is -1.65. The lowest BCUT2D eigenvalue weighted by molar-refractivity contribution is 0.367. The zero-order valence-electron chi connectivity index (χ0n) is 11.2. The average molecular weight is 283 g/mol. The Bertz CT molecular complexity index is 729. The van der Waals surface area contributed by atoms with Gasteiger partial charge in [-0.2, -0.15) is 0 Å². The molecule has 1 atom stereocenters. The Morgan fingerprint density at radius 1 is 1.35 bits per heavy atom. The quantitative estimate of drug-likeness (QED) is 0.785. The van der Waals surface area contributed by atoms with E-state index < -0.39 is 0 Å². The first kappa shape index (κ1) is 12.1. The number of aromatic nitrogens is 2. The summed E-state index contributed by atoms with van der Waals surface area (Å²) in [5.74, 6) is 0. The molecule has 4 heteroatoms. The van der Waals surface area contributed by atoms with Gasteiger partial charge in [0.2, 0.25) is 0 Å². The van der Waals surface area contributed by atoms with Crippen LogP contribution in [0.2, 0.25) is 0 Å². The maximum atomic E-state index is 6.75. The Kier molecular flexibility index (Phi) is 2.69. The number of nitrogens with two attached hydrogens (primary N) is 1. The lowest BCUT2D eigenvalue weighted by Gasteiger charge is -2.35. The van der Waals surface area contributed by atoms with Crippen LogP contribution >= 0.6 is 11.3 Å². The Morgan fingerprint density at radius 2 is 2.25 bits per heavy atom. The van der Waals surface area contributed by atoms with Crippen LogP contribution in [0.5, 0.6) is 0 Å². The van der Waals surface area contributed by atoms with Gasteiger partial charge >= 0.3 is 0 Å². The number of imidazole rings is 1. The molecule has 0 saturated carbocycles. The fourth-order valence-corrected chi connectivity index (χ4v) is 4.04. The highest BCUT2D eigenvalue weighted by Gasteiger charge is 2.33. The molecule has 2 N–H and O–H groups in total. The second kappa shape index (κ2) is 4.43. The highest BCUT2D eigenvalue weighted by molar-refractivity contribution is 7.15. The summed E-state index contributed by atoms with van der Waals surface area (Å²) in [4.78, 5) is 5.74. The van der Waals surface area contributed by atoms with Gasteiger partial charge in [0.05, 0.1) is 5.69 Å². The van der Waals surface area contributed by atoms with Crippen LogP contribution in [0.25, 0.3) is 4.96 Å². The molecule has 0 amide bonds. The van der Waals surface area contributed by atoms with Crippen LogP contribution in [0.1, 0.15) is 29.7 Å². The van der Waals surface area contributed by atoms with Crippen molar-refractivity contribution in [3.8, 4) is 0 Å². The number of hydrogen-bond donors (Lipinski definition) is 1. The molecule has 102 valence electrons. The summed E-state index contributed by atoms with van der Waals surface area (Å²) in [7, 11) is 0. The topological polar surface area (TPSA) is 43.3 Å². The van der Waals surface area contributed by atoms with E-state index in [9.17, 15) is 0 Å². The standard InChI is InChI=1S/C16H17N3S/c17-16(7-3-5-12-4-1-2-6-14(12)16)10-13-11-19-8-9-20-15(19)18-13/h1-2,4,6,8-9,11H,3,5,7,10,17H2. The van der Waals surface area contributed by atoms with Crippen molar-refractivity contribution in [3.63, 3.8) is 0 Å². The lowest BCUT2D eigenvalue weighted by Crippen LogP contribution is -2.42. The molecule has 3 aromatic rings. The number of nitrogens with zero attached hydrogens (tertiary/aromatic N) is 2. The predicted molar refractivity (Wildman–Crippen MR) is 82.0 cm³/mol. The van der Waals surface area contributed by atoms with E-state index in [1.807, 2.05) is 0 Å². The number of thiazole rings is 1. The largest absolute Gasteiger partial charge is 0.321 e. The van der Waals surface area contributed by atoms with E-state index in [-0.39, 0.29) is 5.54 Å². The highest BCUT2D eigenvalue weighted by Crippen LogP contribution is 2.35. The minimum atomic E-state index is -0.265. The third kappa shape index (κ3) is 1.87. The first-order valence-corrected chi connectivity index (χ1v) is 7.91. The molecule has 0 aliphatic heterocycles. The number of fused-ring (bicyclic) bond motifs is 2. The van der Waals surface area contributed by atoms with Gasteiger partial charge in [-0.25, -0.2) is 4.98 Å². The lowest BCUT2D eigenvalue weighted by atomic mass is 9.75. The third-order valence-electron chi connectivity index (χ3n) is 4.26. The summed E-state index contributed by atoms with van der Waals surface area (Å²) < 4.78 is 2.08. The van der Waals surface area contributed by atoms with Gasteiger partial charge in [-0.3, -0.25) is 4.40 Å². The van der Waals surface area contributed by atoms with Crippen LogP contribution in [0.15, 0.2) is 42.0 Å². The van der Waals surface area contributed by atoms with Crippen LogP contribution < -0.4 is 5.73 Å². The van der Waals surface area contributed by atoms with Crippen molar-refractivity contribution in [1.82, 2.24) is 9.38 Å². The first-order valence-electron chi connectivity index (χ1n) is 7.03. The SMILES string of the molecule is NC1(Cc2cn3ccsc3n2)CCCc2ccccc21. The fourth-order valence-electron chi connectivity index (χ4n) is 3.32. The predicted octanol–water partition coefficient (Wildman–Crippen LogP) is 3.13. The second-order valence-electron chi connectivity index (χ2n) is 5.67. The maximum absolute atomic E-state index is 6.75. The molecule has 0 spiro atoms. The van der Waals surface area contributed by atoms with Crippen LogP contribution in [0.3, 0.4) is 0 Å². The molecule has 1 aliphatic carbocycles. The minimum Gasteiger partial charge on any atom is -0.321 e. The molecule has 0 saturated heterocycles. The Labute approximate surface area is 122 Å². The van der Waals surface area contributed by atoms with E-state index >= 15 is 0 Å². The molecule has 2 heterocycles. The first-order chi connectivity index (χ1) is 9.74. The smallest absolute Gasteiger partial charge is 0.193 e. The van der Waals surface area contributed by atoms with Crippen molar-refractivity contribution < 1.29 is 0 Å². The third-order valence-corrected chi connectivity index (χ3v) is 5.03. The van der Waals surface area contributed by atoms with Gasteiger partial charge in [0.15, 0.2) is 4.96 Å². The number of benzene rings is 1. The van der Waals surface area contributed by atoms with Crippen LogP contribution in [-0.4, -0.2) is 9.38 Å². The summed E-state index contributed by atoms with van der Waals surface area (Å²) >= 11 is 1.67. The van der Waals surface area contributed by atoms with Crippen molar-refractivity contribution in [1.29, 1.82) is 0 Å². The van der Waals surface area contributed by atoms with E-state index in [2.05, 4.69) is 51.4 Å². The molecule has 3 nitrogen and oxygen atoms in total. The van der Waals surface area contributed by atoms with Crippen LogP contribution in [0, 0.1) is 0 Å². The molecule has 20 heavy (non-hydrogen) atoms. The van der Waals surface area contributed by atoms with Gasteiger partial charge in [-0.15, -0.1) is 11.3 Å². The van der Waals surface area contributed by atoms with Crippen molar-refractivity contribution in [2.75, 3.05) is 0 Å². The van der Waals surface area contributed by atoms with Crippen LogP contribution in [-0.2, 0) is 18.4 Å². The number of rotatable bonds is 2. The molecule has 1 aromatic carbocycles. The van der Waals surface area contributed by atoms with Gasteiger partial charge in [0, 0.05) is 29.7 Å². The number of hydrogen-bond acceptors (Lipinski definition) is 3. The molecule has 2 aromatic heterocycles. The van der Waals surface area contributed by atoms with Gasteiger partial charge in [-0.05, 0) is 30.4 Å². The summed E-state index contributed by atoms with van der Waals surface area (Å²) in [5.41, 5.74) is 10.3. The van der Waals surface area contributed by atoms with E-state index in [1.54, 1.807) is 11.3 Å². The molecule has 1 unspecified atom stereocenters. The van der Waals surface area contributed by atoms with Gasteiger partial charge in [0.25, 0.3) is 0 Å². The van der Waals surface area contributed by atoms with Gasteiger partial charge in [0.1, 0.15) is 0 Å². The van der Waals surface area contributed by atoms with Crippen molar-refractivity contribution in [2.45, 2.75) is 31.2 Å². The number of aryl methyl sites for hydroxylation is 1. The summed E-state index contributed by atoms with van der Waals surface area (Å²) in [6.07, 6.45) is 8.32. The molecule has 4 rings (SSSR count). The van der Waals surface area contributed by atoms with Gasteiger partial charge < -0.3 is 5.73 Å². The maximum Gasteiger partial charge on any atom is 0.193 e. The molecule has 1 aliphatic rings. The molecular weight excluding hydrogens is 266 g/mol.